The Labute approximate surface area is 189 Å². The van der Waals surface area contributed by atoms with Crippen molar-refractivity contribution in [3.63, 3.8) is 0 Å². The average molecular weight is 437 g/mol. The van der Waals surface area contributed by atoms with Gasteiger partial charge < -0.3 is 14.4 Å². The Kier molecular flexibility index (Phi) is 7.34. The van der Waals surface area contributed by atoms with E-state index in [1.165, 1.54) is 5.56 Å². The highest BCUT2D eigenvalue weighted by Crippen LogP contribution is 2.39. The molecule has 8 nitrogen and oxygen atoms in total. The molecule has 0 N–H and O–H groups in total. The van der Waals surface area contributed by atoms with Crippen LogP contribution in [0.1, 0.15) is 29.9 Å². The maximum Gasteiger partial charge on any atom is 0.173 e. The van der Waals surface area contributed by atoms with Crippen LogP contribution in [0.25, 0.3) is 0 Å². The number of hydrogen-bond donors (Lipinski definition) is 0. The number of benzene rings is 2. The number of ether oxygens (including phenoxy) is 2. The van der Waals surface area contributed by atoms with Crippen LogP contribution in [-0.2, 0) is 13.0 Å². The van der Waals surface area contributed by atoms with Gasteiger partial charge in [0.25, 0.3) is 0 Å². The van der Waals surface area contributed by atoms with Gasteiger partial charge in [-0.3, -0.25) is 4.90 Å². The summed E-state index contributed by atoms with van der Waals surface area (Å²) in [7, 11) is 3.35. The Morgan fingerprint density at radius 3 is 2.41 bits per heavy atom. The summed E-state index contributed by atoms with van der Waals surface area (Å²) in [4.78, 5) is 4.92. The third-order valence-corrected chi connectivity index (χ3v) is 6.21. The van der Waals surface area contributed by atoms with Crippen LogP contribution in [0.3, 0.4) is 0 Å². The molecular formula is C24H32N6O2. The Morgan fingerprint density at radius 2 is 1.72 bits per heavy atom. The van der Waals surface area contributed by atoms with Crippen molar-refractivity contribution in [1.29, 1.82) is 0 Å². The SMILES string of the molecule is CCN1CCN([C@@H](c2cccc(OC)c2OC)c2nnnn2CCc2ccccc2)CC1. The summed E-state index contributed by atoms with van der Waals surface area (Å²) in [5.74, 6) is 2.28. The van der Waals surface area contributed by atoms with Gasteiger partial charge in [-0.2, -0.15) is 0 Å². The van der Waals surface area contributed by atoms with Gasteiger partial charge in [0, 0.05) is 38.3 Å². The van der Waals surface area contributed by atoms with Crippen molar-refractivity contribution in [2.24, 2.45) is 0 Å². The molecule has 1 aliphatic rings. The summed E-state index contributed by atoms with van der Waals surface area (Å²) in [6.07, 6.45) is 0.866. The summed E-state index contributed by atoms with van der Waals surface area (Å²) >= 11 is 0. The quantitative estimate of drug-likeness (QED) is 0.511. The van der Waals surface area contributed by atoms with E-state index in [1.54, 1.807) is 14.2 Å². The van der Waals surface area contributed by atoms with E-state index in [4.69, 9.17) is 9.47 Å². The highest BCUT2D eigenvalue weighted by molar-refractivity contribution is 5.49. The number of para-hydroxylation sites is 1. The molecule has 8 heteroatoms. The lowest BCUT2D eigenvalue weighted by Gasteiger charge is -2.39. The molecule has 0 saturated carbocycles. The zero-order valence-corrected chi connectivity index (χ0v) is 19.1. The first kappa shape index (κ1) is 22.2. The molecule has 0 amide bonds. The van der Waals surface area contributed by atoms with E-state index in [0.717, 1.165) is 56.3 Å². The standard InChI is InChI=1S/C24H32N6O2/c1-4-28-15-17-29(18-16-28)22(20-11-8-12-21(31-2)23(20)32-3)24-25-26-27-30(24)14-13-19-9-6-5-7-10-19/h5-12,22H,4,13-18H2,1-3H3/t22-/m0/s1. The van der Waals surface area contributed by atoms with Crippen LogP contribution in [0.5, 0.6) is 11.5 Å². The van der Waals surface area contributed by atoms with Gasteiger partial charge in [-0.05, 0) is 35.0 Å². The Hall–Kier alpha value is -2.97. The number of aromatic nitrogens is 4. The Morgan fingerprint density at radius 1 is 0.938 bits per heavy atom. The van der Waals surface area contributed by atoms with E-state index in [1.807, 2.05) is 22.9 Å². The topological polar surface area (TPSA) is 68.5 Å². The van der Waals surface area contributed by atoms with E-state index >= 15 is 0 Å². The molecule has 0 bridgehead atoms. The largest absolute Gasteiger partial charge is 0.493 e. The number of hydrogen-bond acceptors (Lipinski definition) is 7. The number of methoxy groups -OCH3 is 2. The number of piperazine rings is 1. The highest BCUT2D eigenvalue weighted by Gasteiger charge is 2.33. The first-order chi connectivity index (χ1) is 15.7. The second-order valence-electron chi connectivity index (χ2n) is 7.95. The first-order valence-electron chi connectivity index (χ1n) is 11.2. The fraction of sp³-hybridized carbons (Fsp3) is 0.458. The molecule has 1 aromatic heterocycles. The van der Waals surface area contributed by atoms with Gasteiger partial charge in [-0.15, -0.1) is 5.10 Å². The number of nitrogens with zero attached hydrogens (tertiary/aromatic N) is 6. The molecule has 32 heavy (non-hydrogen) atoms. The molecule has 0 unspecified atom stereocenters. The molecule has 1 saturated heterocycles. The third-order valence-electron chi connectivity index (χ3n) is 6.21. The zero-order valence-electron chi connectivity index (χ0n) is 19.1. The van der Waals surface area contributed by atoms with Crippen molar-refractivity contribution in [2.45, 2.75) is 25.9 Å². The molecule has 1 aliphatic heterocycles. The van der Waals surface area contributed by atoms with Crippen LogP contribution < -0.4 is 9.47 Å². The number of rotatable bonds is 9. The van der Waals surface area contributed by atoms with Gasteiger partial charge in [-0.25, -0.2) is 4.68 Å². The Bertz CT molecular complexity index is 985. The maximum atomic E-state index is 5.81. The number of aryl methyl sites for hydroxylation is 2. The van der Waals surface area contributed by atoms with Crippen LogP contribution in [0.15, 0.2) is 48.5 Å². The molecule has 4 rings (SSSR count). The first-order valence-corrected chi connectivity index (χ1v) is 11.2. The lowest BCUT2D eigenvalue weighted by Crippen LogP contribution is -2.48. The van der Waals surface area contributed by atoms with Crippen molar-refractivity contribution in [3.8, 4) is 11.5 Å². The molecule has 0 aliphatic carbocycles. The second-order valence-corrected chi connectivity index (χ2v) is 7.95. The molecule has 2 heterocycles. The van der Waals surface area contributed by atoms with Gasteiger partial charge in [0.1, 0.15) is 6.04 Å². The van der Waals surface area contributed by atoms with Gasteiger partial charge >= 0.3 is 0 Å². The smallest absolute Gasteiger partial charge is 0.173 e. The van der Waals surface area contributed by atoms with Crippen LogP contribution in [0.4, 0.5) is 0 Å². The fourth-order valence-corrected chi connectivity index (χ4v) is 4.41. The minimum absolute atomic E-state index is 0.121. The van der Waals surface area contributed by atoms with Crippen molar-refractivity contribution in [1.82, 2.24) is 30.0 Å². The number of tetrazole rings is 1. The van der Waals surface area contributed by atoms with Crippen molar-refractivity contribution in [3.05, 3.63) is 65.5 Å². The van der Waals surface area contributed by atoms with Gasteiger partial charge in [0.2, 0.25) is 0 Å². The van der Waals surface area contributed by atoms with Crippen molar-refractivity contribution >= 4 is 0 Å². The van der Waals surface area contributed by atoms with Crippen molar-refractivity contribution in [2.75, 3.05) is 46.9 Å². The molecule has 0 radical (unpaired) electrons. The lowest BCUT2D eigenvalue weighted by atomic mass is 10.0. The van der Waals surface area contributed by atoms with Crippen LogP contribution in [0, 0.1) is 0 Å². The molecule has 170 valence electrons. The average Bonchev–Trinajstić information content (AvgIpc) is 3.32. The maximum absolute atomic E-state index is 5.81. The fourth-order valence-electron chi connectivity index (χ4n) is 4.41. The normalized spacial score (nSPS) is 16.1. The molecule has 3 aromatic rings. The van der Waals surface area contributed by atoms with E-state index in [2.05, 4.69) is 62.6 Å². The second kappa shape index (κ2) is 10.6. The van der Waals surface area contributed by atoms with Crippen LogP contribution in [-0.4, -0.2) is 77.0 Å². The van der Waals surface area contributed by atoms with E-state index in [-0.39, 0.29) is 6.04 Å². The minimum Gasteiger partial charge on any atom is -0.493 e. The van der Waals surface area contributed by atoms with Crippen molar-refractivity contribution < 1.29 is 9.47 Å². The van der Waals surface area contributed by atoms with Gasteiger partial charge in [-0.1, -0.05) is 49.4 Å². The molecule has 0 spiro atoms. The molecule has 1 fully saturated rings. The predicted octanol–water partition coefficient (Wildman–Crippen LogP) is 2.66. The van der Waals surface area contributed by atoms with Crippen LogP contribution >= 0.6 is 0 Å². The summed E-state index contributed by atoms with van der Waals surface area (Å²) in [6.45, 7) is 7.90. The summed E-state index contributed by atoms with van der Waals surface area (Å²) in [5, 5.41) is 12.9. The minimum atomic E-state index is -0.121. The van der Waals surface area contributed by atoms with E-state index < -0.39 is 0 Å². The molecule has 1 atom stereocenters. The lowest BCUT2D eigenvalue weighted by molar-refractivity contribution is 0.107. The predicted molar refractivity (Wildman–Crippen MR) is 123 cm³/mol. The van der Waals surface area contributed by atoms with E-state index in [0.29, 0.717) is 12.3 Å². The zero-order chi connectivity index (χ0) is 22.3. The Balaban J connectivity index is 1.69. The summed E-state index contributed by atoms with van der Waals surface area (Å²) in [6, 6.07) is 16.3. The summed E-state index contributed by atoms with van der Waals surface area (Å²) in [5.41, 5.74) is 2.29. The third kappa shape index (κ3) is 4.76. The molecule has 2 aromatic carbocycles. The highest BCUT2D eigenvalue weighted by atomic mass is 16.5. The monoisotopic (exact) mass is 436 g/mol. The number of likely N-dealkylation sites (N-methyl/N-ethyl adjacent to an activating group) is 1. The van der Waals surface area contributed by atoms with E-state index in [9.17, 15) is 0 Å². The summed E-state index contributed by atoms with van der Waals surface area (Å²) < 4.78 is 13.3. The van der Waals surface area contributed by atoms with Gasteiger partial charge in [0.15, 0.2) is 17.3 Å². The molecular weight excluding hydrogens is 404 g/mol. The van der Waals surface area contributed by atoms with Crippen LogP contribution in [0.2, 0.25) is 0 Å². The van der Waals surface area contributed by atoms with Gasteiger partial charge in [0.05, 0.1) is 14.2 Å².